The van der Waals surface area contributed by atoms with Gasteiger partial charge in [-0.15, -0.1) is 0 Å². The number of likely N-dealkylation sites (tertiary alicyclic amines) is 1. The summed E-state index contributed by atoms with van der Waals surface area (Å²) in [4.78, 5) is 17.2. The first kappa shape index (κ1) is 24.8. The highest BCUT2D eigenvalue weighted by Crippen LogP contribution is 2.18. The van der Waals surface area contributed by atoms with Gasteiger partial charge in [-0.05, 0) is 55.6 Å². The minimum absolute atomic E-state index is 0.00338. The highest BCUT2D eigenvalue weighted by molar-refractivity contribution is 7.89. The summed E-state index contributed by atoms with van der Waals surface area (Å²) in [5.74, 6) is -0.467. The van der Waals surface area contributed by atoms with E-state index in [2.05, 4.69) is 34.5 Å². The summed E-state index contributed by atoms with van der Waals surface area (Å²) in [6, 6.07) is 15.5. The van der Waals surface area contributed by atoms with Gasteiger partial charge in [0, 0.05) is 45.3 Å². The van der Waals surface area contributed by atoms with Crippen molar-refractivity contribution in [3.8, 4) is 0 Å². The van der Waals surface area contributed by atoms with Crippen molar-refractivity contribution in [2.75, 3.05) is 45.8 Å². The predicted octanol–water partition coefficient (Wildman–Crippen LogP) is 2.30. The molecule has 0 bridgehead atoms. The third-order valence-corrected chi connectivity index (χ3v) is 8.48. The average molecular weight is 489 g/mol. The second-order valence-electron chi connectivity index (χ2n) is 9.09. The number of nitrogens with one attached hydrogen (secondary N) is 1. The van der Waals surface area contributed by atoms with Gasteiger partial charge in [-0.25, -0.2) is 12.8 Å². The van der Waals surface area contributed by atoms with Gasteiger partial charge in [-0.3, -0.25) is 14.6 Å². The topological polar surface area (TPSA) is 73.0 Å². The zero-order valence-electron chi connectivity index (χ0n) is 19.4. The number of carbonyl (C=O) groups is 1. The molecule has 0 aromatic heterocycles. The molecule has 0 aliphatic carbocycles. The van der Waals surface area contributed by atoms with E-state index in [4.69, 9.17) is 0 Å². The molecule has 2 fully saturated rings. The van der Waals surface area contributed by atoms with Crippen LogP contribution >= 0.6 is 0 Å². The van der Waals surface area contributed by atoms with Gasteiger partial charge in [0.1, 0.15) is 5.82 Å². The Kier molecular flexibility index (Phi) is 8.31. The SMILES string of the molecule is O=C(CN1CCCN(S(=O)(=O)c2ccc(F)cc2)CC1)NC1CCN(Cc2ccccc2)CC1. The zero-order valence-corrected chi connectivity index (χ0v) is 20.2. The Labute approximate surface area is 201 Å². The molecule has 2 heterocycles. The highest BCUT2D eigenvalue weighted by atomic mass is 32.2. The van der Waals surface area contributed by atoms with Gasteiger partial charge >= 0.3 is 0 Å². The Morgan fingerprint density at radius 2 is 1.59 bits per heavy atom. The first-order chi connectivity index (χ1) is 16.4. The van der Waals surface area contributed by atoms with E-state index in [0.717, 1.165) is 44.6 Å². The Morgan fingerprint density at radius 1 is 0.882 bits per heavy atom. The molecule has 2 aliphatic heterocycles. The van der Waals surface area contributed by atoms with Crippen LogP contribution in [0.15, 0.2) is 59.5 Å². The fourth-order valence-electron chi connectivity index (χ4n) is 4.65. The number of benzene rings is 2. The maximum atomic E-state index is 13.2. The number of piperidine rings is 1. The van der Waals surface area contributed by atoms with Crippen molar-refractivity contribution in [1.29, 1.82) is 0 Å². The fraction of sp³-hybridized carbons (Fsp3) is 0.480. The lowest BCUT2D eigenvalue weighted by molar-refractivity contribution is -0.123. The maximum Gasteiger partial charge on any atom is 0.243 e. The van der Waals surface area contributed by atoms with Crippen LogP contribution in [0.5, 0.6) is 0 Å². The smallest absolute Gasteiger partial charge is 0.243 e. The van der Waals surface area contributed by atoms with Crippen molar-refractivity contribution in [2.24, 2.45) is 0 Å². The van der Waals surface area contributed by atoms with Gasteiger partial charge in [0.25, 0.3) is 0 Å². The number of halogens is 1. The van der Waals surface area contributed by atoms with Crippen LogP contribution in [-0.2, 0) is 21.4 Å². The first-order valence-electron chi connectivity index (χ1n) is 11.9. The van der Waals surface area contributed by atoms with E-state index < -0.39 is 15.8 Å². The quantitative estimate of drug-likeness (QED) is 0.648. The second kappa shape index (κ2) is 11.4. The van der Waals surface area contributed by atoms with Crippen LogP contribution < -0.4 is 5.32 Å². The number of hydrogen-bond donors (Lipinski definition) is 1. The third-order valence-electron chi connectivity index (χ3n) is 6.57. The number of nitrogens with zero attached hydrogens (tertiary/aromatic N) is 3. The van der Waals surface area contributed by atoms with Crippen LogP contribution in [0.2, 0.25) is 0 Å². The fourth-order valence-corrected chi connectivity index (χ4v) is 6.12. The van der Waals surface area contributed by atoms with Crippen molar-refractivity contribution in [2.45, 2.75) is 36.7 Å². The van der Waals surface area contributed by atoms with E-state index >= 15 is 0 Å². The minimum atomic E-state index is -3.67. The summed E-state index contributed by atoms with van der Waals surface area (Å²) in [5, 5.41) is 3.17. The van der Waals surface area contributed by atoms with Crippen molar-refractivity contribution in [3.05, 3.63) is 66.0 Å². The number of rotatable bonds is 7. The Balaban J connectivity index is 1.21. The molecule has 9 heteroatoms. The van der Waals surface area contributed by atoms with Gasteiger partial charge in [0.05, 0.1) is 11.4 Å². The molecular weight excluding hydrogens is 455 g/mol. The highest BCUT2D eigenvalue weighted by Gasteiger charge is 2.28. The molecule has 34 heavy (non-hydrogen) atoms. The van der Waals surface area contributed by atoms with Crippen molar-refractivity contribution >= 4 is 15.9 Å². The lowest BCUT2D eigenvalue weighted by Crippen LogP contribution is -2.47. The molecule has 0 saturated carbocycles. The van der Waals surface area contributed by atoms with Crippen molar-refractivity contribution in [3.63, 3.8) is 0 Å². The lowest BCUT2D eigenvalue weighted by atomic mass is 10.0. The third kappa shape index (κ3) is 6.63. The molecule has 1 N–H and O–H groups in total. The molecule has 2 aliphatic rings. The van der Waals surface area contributed by atoms with Gasteiger partial charge in [0.2, 0.25) is 15.9 Å². The Bertz CT molecular complexity index is 1040. The van der Waals surface area contributed by atoms with E-state index in [1.165, 1.54) is 22.0 Å². The van der Waals surface area contributed by atoms with Crippen LogP contribution in [-0.4, -0.2) is 80.3 Å². The number of hydrogen-bond acceptors (Lipinski definition) is 5. The van der Waals surface area contributed by atoms with Crippen molar-refractivity contribution in [1.82, 2.24) is 19.4 Å². The normalized spacial score (nSPS) is 19.6. The standard InChI is InChI=1S/C25H33FN4O3S/c26-22-7-9-24(10-8-22)34(32,33)30-14-4-13-28(17-18-30)20-25(31)27-23-11-15-29(16-12-23)19-21-5-2-1-3-6-21/h1-3,5-10,23H,4,11-20H2,(H,27,31). The number of amides is 1. The monoisotopic (exact) mass is 488 g/mol. The first-order valence-corrected chi connectivity index (χ1v) is 13.4. The molecule has 2 aromatic rings. The van der Waals surface area contributed by atoms with Gasteiger partial charge in [0.15, 0.2) is 0 Å². The maximum absolute atomic E-state index is 13.2. The van der Waals surface area contributed by atoms with Crippen molar-refractivity contribution < 1.29 is 17.6 Å². The second-order valence-corrected chi connectivity index (χ2v) is 11.0. The molecule has 0 atom stereocenters. The molecule has 7 nitrogen and oxygen atoms in total. The molecule has 4 rings (SSSR count). The summed E-state index contributed by atoms with van der Waals surface area (Å²) in [6.07, 6.45) is 2.51. The lowest BCUT2D eigenvalue weighted by Gasteiger charge is -2.32. The van der Waals surface area contributed by atoms with Crippen LogP contribution in [0.3, 0.4) is 0 Å². The molecule has 0 unspecified atom stereocenters. The molecule has 1 amide bonds. The zero-order chi connectivity index (χ0) is 24.0. The van der Waals surface area contributed by atoms with E-state index in [9.17, 15) is 17.6 Å². The molecular formula is C25H33FN4O3S. The average Bonchev–Trinajstić information content (AvgIpc) is 3.07. The van der Waals surface area contributed by atoms with E-state index in [1.807, 2.05) is 11.0 Å². The summed E-state index contributed by atoms with van der Waals surface area (Å²) < 4.78 is 40.4. The van der Waals surface area contributed by atoms with Gasteiger partial charge < -0.3 is 5.32 Å². The van der Waals surface area contributed by atoms with E-state index in [0.29, 0.717) is 32.6 Å². The molecule has 2 saturated heterocycles. The summed E-state index contributed by atoms with van der Waals surface area (Å²) in [5.41, 5.74) is 1.31. The molecule has 2 aromatic carbocycles. The van der Waals surface area contributed by atoms with Gasteiger partial charge in [-0.1, -0.05) is 30.3 Å². The van der Waals surface area contributed by atoms with Crippen LogP contribution in [0.1, 0.15) is 24.8 Å². The summed E-state index contributed by atoms with van der Waals surface area (Å²) in [6.45, 7) is 4.98. The number of carbonyl (C=O) groups excluding carboxylic acids is 1. The molecule has 184 valence electrons. The largest absolute Gasteiger partial charge is 0.352 e. The van der Waals surface area contributed by atoms with Crippen LogP contribution in [0.25, 0.3) is 0 Å². The van der Waals surface area contributed by atoms with E-state index in [-0.39, 0.29) is 23.4 Å². The van der Waals surface area contributed by atoms with E-state index in [1.54, 1.807) is 0 Å². The van der Waals surface area contributed by atoms with Crippen LogP contribution in [0, 0.1) is 5.82 Å². The Hall–Kier alpha value is -2.33. The molecule has 0 spiro atoms. The Morgan fingerprint density at radius 3 is 2.29 bits per heavy atom. The summed E-state index contributed by atoms with van der Waals surface area (Å²) >= 11 is 0. The minimum Gasteiger partial charge on any atom is -0.352 e. The molecule has 0 radical (unpaired) electrons. The van der Waals surface area contributed by atoms with Gasteiger partial charge in [-0.2, -0.15) is 4.31 Å². The summed E-state index contributed by atoms with van der Waals surface area (Å²) in [7, 11) is -3.67. The van der Waals surface area contributed by atoms with Crippen LogP contribution in [0.4, 0.5) is 4.39 Å². The number of sulfonamides is 1. The predicted molar refractivity (Wildman–Crippen MR) is 129 cm³/mol.